The third kappa shape index (κ3) is 5.39. The fourth-order valence-corrected chi connectivity index (χ4v) is 4.29. The number of rotatable bonds is 8. The summed E-state index contributed by atoms with van der Waals surface area (Å²) in [6.07, 6.45) is 4.55. The molecule has 3 aromatic rings. The summed E-state index contributed by atoms with van der Waals surface area (Å²) in [6.45, 7) is 5.85. The van der Waals surface area contributed by atoms with Gasteiger partial charge in [-0.1, -0.05) is 19.1 Å². The maximum absolute atomic E-state index is 13.4. The van der Waals surface area contributed by atoms with Crippen molar-refractivity contribution >= 4 is 28.5 Å². The first-order valence-electron chi connectivity index (χ1n) is 11.4. The summed E-state index contributed by atoms with van der Waals surface area (Å²) in [4.78, 5) is 31.7. The van der Waals surface area contributed by atoms with Gasteiger partial charge in [0.1, 0.15) is 5.82 Å². The van der Waals surface area contributed by atoms with Gasteiger partial charge >= 0.3 is 0 Å². The first-order chi connectivity index (χ1) is 15.9. The average molecular weight is 453 g/mol. The van der Waals surface area contributed by atoms with Crippen molar-refractivity contribution in [3.63, 3.8) is 0 Å². The molecule has 1 aliphatic heterocycles. The Morgan fingerprint density at radius 2 is 2.06 bits per heavy atom. The number of anilines is 1. The molecular formula is C25H29FN4O3. The largest absolute Gasteiger partial charge is 0.376 e. The number of benzene rings is 2. The quantitative estimate of drug-likeness (QED) is 0.555. The van der Waals surface area contributed by atoms with Crippen LogP contribution >= 0.6 is 0 Å². The van der Waals surface area contributed by atoms with Gasteiger partial charge in [0.25, 0.3) is 5.91 Å². The predicted octanol–water partition coefficient (Wildman–Crippen LogP) is 4.21. The second-order valence-electron chi connectivity index (χ2n) is 8.46. The molecule has 1 saturated heterocycles. The Kier molecular flexibility index (Phi) is 7.03. The first-order valence-corrected chi connectivity index (χ1v) is 11.4. The van der Waals surface area contributed by atoms with Crippen molar-refractivity contribution in [2.45, 2.75) is 45.8 Å². The van der Waals surface area contributed by atoms with E-state index in [4.69, 9.17) is 4.74 Å². The highest BCUT2D eigenvalue weighted by Crippen LogP contribution is 2.27. The number of aromatic nitrogens is 2. The van der Waals surface area contributed by atoms with Gasteiger partial charge in [0.2, 0.25) is 5.91 Å². The van der Waals surface area contributed by atoms with Gasteiger partial charge < -0.3 is 19.5 Å². The number of amides is 2. The Morgan fingerprint density at radius 3 is 2.73 bits per heavy atom. The number of imidazole rings is 1. The van der Waals surface area contributed by atoms with E-state index in [-0.39, 0.29) is 23.7 Å². The summed E-state index contributed by atoms with van der Waals surface area (Å²) in [7, 11) is 0. The van der Waals surface area contributed by atoms with Crippen molar-refractivity contribution in [3.8, 4) is 0 Å². The normalized spacial score (nSPS) is 15.7. The van der Waals surface area contributed by atoms with Crippen LogP contribution in [0.3, 0.4) is 0 Å². The van der Waals surface area contributed by atoms with Crippen molar-refractivity contribution in [2.75, 3.05) is 25.0 Å². The van der Waals surface area contributed by atoms with Gasteiger partial charge in [-0.3, -0.25) is 9.59 Å². The zero-order valence-electron chi connectivity index (χ0n) is 19.0. The van der Waals surface area contributed by atoms with Gasteiger partial charge in [-0.05, 0) is 49.1 Å². The molecule has 0 spiro atoms. The molecule has 2 heterocycles. The predicted molar refractivity (Wildman–Crippen MR) is 125 cm³/mol. The summed E-state index contributed by atoms with van der Waals surface area (Å²) in [6, 6.07) is 9.73. The molecule has 0 aliphatic carbocycles. The summed E-state index contributed by atoms with van der Waals surface area (Å²) < 4.78 is 20.9. The van der Waals surface area contributed by atoms with E-state index in [1.54, 1.807) is 30.6 Å². The Labute approximate surface area is 192 Å². The summed E-state index contributed by atoms with van der Waals surface area (Å²) in [5.74, 6) is -0.634. The van der Waals surface area contributed by atoms with Crippen LogP contribution in [0.4, 0.5) is 10.1 Å². The topological polar surface area (TPSA) is 76.5 Å². The Balaban J connectivity index is 1.68. The maximum Gasteiger partial charge on any atom is 0.254 e. The molecule has 33 heavy (non-hydrogen) atoms. The number of nitrogens with one attached hydrogen (secondary N) is 1. The van der Waals surface area contributed by atoms with E-state index in [0.717, 1.165) is 31.4 Å². The molecule has 0 radical (unpaired) electrons. The third-order valence-corrected chi connectivity index (χ3v) is 5.77. The van der Waals surface area contributed by atoms with Crippen LogP contribution in [-0.2, 0) is 16.1 Å². The highest BCUT2D eigenvalue weighted by molar-refractivity contribution is 6.05. The third-order valence-electron chi connectivity index (χ3n) is 5.77. The summed E-state index contributed by atoms with van der Waals surface area (Å²) in [5.41, 5.74) is 3.23. The van der Waals surface area contributed by atoms with E-state index in [0.29, 0.717) is 41.9 Å². The Bertz CT molecular complexity index is 1140. The fourth-order valence-electron chi connectivity index (χ4n) is 4.29. The smallest absolute Gasteiger partial charge is 0.254 e. The summed E-state index contributed by atoms with van der Waals surface area (Å²) >= 11 is 0. The molecule has 1 atom stereocenters. The van der Waals surface area contributed by atoms with Crippen molar-refractivity contribution in [1.29, 1.82) is 0 Å². The van der Waals surface area contributed by atoms with E-state index >= 15 is 0 Å². The van der Waals surface area contributed by atoms with Crippen molar-refractivity contribution in [2.24, 2.45) is 0 Å². The number of hydrogen-bond donors (Lipinski definition) is 1. The first kappa shape index (κ1) is 22.9. The van der Waals surface area contributed by atoms with E-state index in [9.17, 15) is 14.0 Å². The number of carbonyl (C=O) groups excluding carboxylic acids is 2. The molecule has 0 saturated carbocycles. The van der Waals surface area contributed by atoms with Gasteiger partial charge in [-0.25, -0.2) is 9.37 Å². The molecular weight excluding hydrogens is 423 g/mol. The fraction of sp³-hybridized carbons (Fsp3) is 0.400. The number of hydrogen-bond acceptors (Lipinski definition) is 4. The zero-order chi connectivity index (χ0) is 23.4. The van der Waals surface area contributed by atoms with Crippen molar-refractivity contribution in [3.05, 3.63) is 59.7 Å². The minimum Gasteiger partial charge on any atom is -0.376 e. The van der Waals surface area contributed by atoms with Crippen LogP contribution in [0.5, 0.6) is 0 Å². The number of halogens is 1. The molecule has 1 N–H and O–H groups in total. The molecule has 1 aliphatic rings. The minimum absolute atomic E-state index is 0.0639. The monoisotopic (exact) mass is 452 g/mol. The second kappa shape index (κ2) is 10.1. The molecule has 2 aromatic carbocycles. The number of carbonyl (C=O) groups is 2. The molecule has 8 heteroatoms. The molecule has 4 rings (SSSR count). The van der Waals surface area contributed by atoms with Gasteiger partial charge in [0, 0.05) is 38.7 Å². The lowest BCUT2D eigenvalue weighted by Crippen LogP contribution is -2.38. The average Bonchev–Trinajstić information content (AvgIpc) is 3.44. The molecule has 0 bridgehead atoms. The van der Waals surface area contributed by atoms with Crippen LogP contribution < -0.4 is 5.32 Å². The molecule has 174 valence electrons. The standard InChI is InChI=1S/C25H29FN4O3/c1-3-10-29(15-21-5-4-11-33-21)25(32)19-12-22-24(23(13-19)28-17(2)31)30(16-27-22)14-18-6-8-20(26)9-7-18/h6-9,12-13,16,21H,3-5,10-11,14-15H2,1-2H3,(H,28,31)/t21-/m0/s1. The van der Waals surface area contributed by atoms with Crippen molar-refractivity contribution < 1.29 is 18.7 Å². The van der Waals surface area contributed by atoms with E-state index in [1.165, 1.54) is 19.1 Å². The van der Waals surface area contributed by atoms with Gasteiger partial charge in [0.05, 0.1) is 29.2 Å². The Hall–Kier alpha value is -3.26. The van der Waals surface area contributed by atoms with Gasteiger partial charge in [-0.15, -0.1) is 0 Å². The molecule has 1 fully saturated rings. The van der Waals surface area contributed by atoms with E-state index in [2.05, 4.69) is 10.3 Å². The second-order valence-corrected chi connectivity index (χ2v) is 8.46. The molecule has 2 amide bonds. The minimum atomic E-state index is -0.295. The highest BCUT2D eigenvalue weighted by atomic mass is 19.1. The van der Waals surface area contributed by atoms with Crippen LogP contribution in [0.15, 0.2) is 42.7 Å². The van der Waals surface area contributed by atoms with Crippen molar-refractivity contribution in [1.82, 2.24) is 14.5 Å². The Morgan fingerprint density at radius 1 is 1.27 bits per heavy atom. The van der Waals surface area contributed by atoms with E-state index < -0.39 is 0 Å². The lowest BCUT2D eigenvalue weighted by molar-refractivity contribution is -0.114. The highest BCUT2D eigenvalue weighted by Gasteiger charge is 2.24. The molecule has 0 unspecified atom stereocenters. The summed E-state index contributed by atoms with van der Waals surface area (Å²) in [5, 5.41) is 2.85. The maximum atomic E-state index is 13.4. The number of ether oxygens (including phenoxy) is 1. The van der Waals surface area contributed by atoms with Gasteiger partial charge in [0.15, 0.2) is 0 Å². The van der Waals surface area contributed by atoms with E-state index in [1.807, 2.05) is 16.4 Å². The van der Waals surface area contributed by atoms with Gasteiger partial charge in [-0.2, -0.15) is 0 Å². The van der Waals surface area contributed by atoms with Crippen LogP contribution in [0.25, 0.3) is 11.0 Å². The molecule has 1 aromatic heterocycles. The van der Waals surface area contributed by atoms with Crippen LogP contribution in [0.1, 0.15) is 49.0 Å². The lowest BCUT2D eigenvalue weighted by Gasteiger charge is -2.25. The number of fused-ring (bicyclic) bond motifs is 1. The van der Waals surface area contributed by atoms with Crippen LogP contribution in [-0.4, -0.2) is 52.1 Å². The SMILES string of the molecule is CCCN(C[C@@H]1CCCO1)C(=O)c1cc(NC(C)=O)c2c(c1)ncn2Cc1ccc(F)cc1. The van der Waals surface area contributed by atoms with Crippen LogP contribution in [0, 0.1) is 5.82 Å². The molecule has 7 nitrogen and oxygen atoms in total. The number of nitrogens with zero attached hydrogens (tertiary/aromatic N) is 3. The zero-order valence-corrected chi connectivity index (χ0v) is 19.0. The van der Waals surface area contributed by atoms with Crippen LogP contribution in [0.2, 0.25) is 0 Å². The lowest BCUT2D eigenvalue weighted by atomic mass is 10.1.